The van der Waals surface area contributed by atoms with E-state index in [1.54, 1.807) is 58.5 Å². The summed E-state index contributed by atoms with van der Waals surface area (Å²) >= 11 is 0. The fourth-order valence-corrected chi connectivity index (χ4v) is 3.13. The topological polar surface area (TPSA) is 111 Å². The minimum atomic E-state index is -0.566. The van der Waals surface area contributed by atoms with Crippen molar-refractivity contribution in [1.82, 2.24) is 29.8 Å². The second kappa shape index (κ2) is 9.56. The zero-order chi connectivity index (χ0) is 23.4. The summed E-state index contributed by atoms with van der Waals surface area (Å²) in [5.74, 6) is -0.655. The second-order valence-electron chi connectivity index (χ2n) is 7.64. The first-order valence-corrected chi connectivity index (χ1v) is 9.96. The predicted molar refractivity (Wildman–Crippen MR) is 119 cm³/mol. The van der Waals surface area contributed by atoms with Crippen LogP contribution in [0.25, 0.3) is 16.9 Å². The van der Waals surface area contributed by atoms with E-state index in [1.165, 1.54) is 29.0 Å². The van der Waals surface area contributed by atoms with Gasteiger partial charge < -0.3 is 15.0 Å². The minimum Gasteiger partial charge on any atom is -0.383 e. The first kappa shape index (κ1) is 22.9. The molecule has 10 nitrogen and oxygen atoms in total. The van der Waals surface area contributed by atoms with Crippen molar-refractivity contribution in [2.75, 3.05) is 27.8 Å². The number of carbonyl (C=O) groups excluding carboxylic acids is 2. The molecule has 0 aliphatic carbocycles. The quantitative estimate of drug-likeness (QED) is 0.591. The van der Waals surface area contributed by atoms with Gasteiger partial charge in [-0.05, 0) is 25.1 Å². The predicted octanol–water partition coefficient (Wildman–Crippen LogP) is 1.10. The SMILES string of the molecule is COC[C@H](C)NC(=O)c1cc(-c2ccc(C(=O)N(C)C)cc2)nn(-c2cnn(C)c2)c1=O. The van der Waals surface area contributed by atoms with Crippen LogP contribution in [0.1, 0.15) is 27.6 Å². The number of benzene rings is 1. The fraction of sp³-hybridized carbons (Fsp3) is 0.318. The normalized spacial score (nSPS) is 11.8. The lowest BCUT2D eigenvalue weighted by molar-refractivity contribution is 0.0827. The molecular formula is C22H26N6O4. The maximum Gasteiger partial charge on any atom is 0.284 e. The largest absolute Gasteiger partial charge is 0.383 e. The van der Waals surface area contributed by atoms with Gasteiger partial charge in [0.15, 0.2) is 0 Å². The van der Waals surface area contributed by atoms with E-state index in [0.717, 1.165) is 4.68 Å². The molecule has 2 amide bonds. The fourth-order valence-electron chi connectivity index (χ4n) is 3.13. The average molecular weight is 438 g/mol. The van der Waals surface area contributed by atoms with Gasteiger partial charge in [-0.3, -0.25) is 19.1 Å². The van der Waals surface area contributed by atoms with Gasteiger partial charge in [0.1, 0.15) is 11.3 Å². The van der Waals surface area contributed by atoms with Gasteiger partial charge >= 0.3 is 0 Å². The third-order valence-corrected chi connectivity index (χ3v) is 4.72. The van der Waals surface area contributed by atoms with Gasteiger partial charge in [-0.15, -0.1) is 0 Å². The lowest BCUT2D eigenvalue weighted by Crippen LogP contribution is -2.39. The average Bonchev–Trinajstić information content (AvgIpc) is 3.19. The summed E-state index contributed by atoms with van der Waals surface area (Å²) in [5, 5.41) is 11.3. The van der Waals surface area contributed by atoms with Crippen molar-refractivity contribution in [3.05, 3.63) is 64.2 Å². The summed E-state index contributed by atoms with van der Waals surface area (Å²) in [7, 11) is 6.61. The van der Waals surface area contributed by atoms with Crippen molar-refractivity contribution in [2.45, 2.75) is 13.0 Å². The maximum absolute atomic E-state index is 13.1. The Balaban J connectivity index is 2.09. The van der Waals surface area contributed by atoms with Gasteiger partial charge in [0.25, 0.3) is 17.4 Å². The molecular weight excluding hydrogens is 412 g/mol. The van der Waals surface area contributed by atoms with Crippen molar-refractivity contribution >= 4 is 11.8 Å². The minimum absolute atomic E-state index is 0.0600. The Morgan fingerprint density at radius 3 is 2.47 bits per heavy atom. The summed E-state index contributed by atoms with van der Waals surface area (Å²) in [6.45, 7) is 2.09. The van der Waals surface area contributed by atoms with Crippen LogP contribution in [0, 0.1) is 0 Å². The van der Waals surface area contributed by atoms with Gasteiger partial charge in [-0.2, -0.15) is 14.9 Å². The van der Waals surface area contributed by atoms with Crippen molar-refractivity contribution in [3.63, 3.8) is 0 Å². The molecule has 0 radical (unpaired) electrons. The van der Waals surface area contributed by atoms with Crippen LogP contribution in [-0.2, 0) is 11.8 Å². The Kier molecular flexibility index (Phi) is 6.84. The molecule has 1 aromatic carbocycles. The number of rotatable bonds is 7. The molecule has 2 heterocycles. The summed E-state index contributed by atoms with van der Waals surface area (Å²) in [4.78, 5) is 39.6. The molecule has 0 aliphatic rings. The number of nitrogens with zero attached hydrogens (tertiary/aromatic N) is 5. The Morgan fingerprint density at radius 1 is 1.22 bits per heavy atom. The van der Waals surface area contributed by atoms with E-state index in [1.807, 2.05) is 0 Å². The molecule has 32 heavy (non-hydrogen) atoms. The number of ether oxygens (including phenoxy) is 1. The standard InChI is InChI=1S/C22H26N6O4/c1-14(13-32-5)24-20(29)18-10-19(15-6-8-16(9-7-15)21(30)26(2)3)25-28(22(18)31)17-11-23-27(4)12-17/h6-12,14H,13H2,1-5H3,(H,24,29)/t14-/m0/s1. The number of carbonyl (C=O) groups is 2. The molecule has 3 aromatic rings. The highest BCUT2D eigenvalue weighted by Gasteiger charge is 2.20. The molecule has 0 spiro atoms. The number of nitrogens with one attached hydrogen (secondary N) is 1. The Hall–Kier alpha value is -3.79. The van der Waals surface area contributed by atoms with Crippen molar-refractivity contribution in [3.8, 4) is 16.9 Å². The molecule has 0 unspecified atom stereocenters. The smallest absolute Gasteiger partial charge is 0.284 e. The Labute approximate surface area is 185 Å². The van der Waals surface area contributed by atoms with E-state index in [4.69, 9.17) is 4.74 Å². The van der Waals surface area contributed by atoms with Gasteiger partial charge in [-0.25, -0.2) is 0 Å². The molecule has 0 aliphatic heterocycles. The number of aromatic nitrogens is 4. The van der Waals surface area contributed by atoms with E-state index < -0.39 is 11.5 Å². The molecule has 0 fully saturated rings. The van der Waals surface area contributed by atoms with E-state index in [2.05, 4.69) is 15.5 Å². The highest BCUT2D eigenvalue weighted by atomic mass is 16.5. The number of hydrogen-bond donors (Lipinski definition) is 1. The van der Waals surface area contributed by atoms with Crippen LogP contribution in [-0.4, -0.2) is 70.1 Å². The number of amides is 2. The number of hydrogen-bond acceptors (Lipinski definition) is 6. The number of methoxy groups -OCH3 is 1. The van der Waals surface area contributed by atoms with Crippen LogP contribution in [0.2, 0.25) is 0 Å². The highest BCUT2D eigenvalue weighted by Crippen LogP contribution is 2.19. The highest BCUT2D eigenvalue weighted by molar-refractivity contribution is 5.96. The van der Waals surface area contributed by atoms with Gasteiger partial charge in [0.2, 0.25) is 0 Å². The molecule has 3 rings (SSSR count). The second-order valence-corrected chi connectivity index (χ2v) is 7.64. The first-order chi connectivity index (χ1) is 15.2. The van der Waals surface area contributed by atoms with Gasteiger partial charge in [0.05, 0.1) is 24.7 Å². The van der Waals surface area contributed by atoms with Crippen LogP contribution in [0.5, 0.6) is 0 Å². The third kappa shape index (κ3) is 4.92. The van der Waals surface area contributed by atoms with Crippen molar-refractivity contribution in [2.24, 2.45) is 7.05 Å². The molecule has 0 saturated heterocycles. The van der Waals surface area contributed by atoms with Crippen molar-refractivity contribution in [1.29, 1.82) is 0 Å². The molecule has 1 atom stereocenters. The molecule has 2 aromatic heterocycles. The van der Waals surface area contributed by atoms with E-state index in [-0.39, 0.29) is 17.5 Å². The lowest BCUT2D eigenvalue weighted by Gasteiger charge is -2.14. The Bertz CT molecular complexity index is 1180. The molecule has 10 heteroatoms. The van der Waals surface area contributed by atoms with E-state index in [9.17, 15) is 14.4 Å². The first-order valence-electron chi connectivity index (χ1n) is 9.96. The van der Waals surface area contributed by atoms with Crippen molar-refractivity contribution < 1.29 is 14.3 Å². The Morgan fingerprint density at radius 2 is 1.91 bits per heavy atom. The van der Waals surface area contributed by atoms with Crippen LogP contribution >= 0.6 is 0 Å². The van der Waals surface area contributed by atoms with Gasteiger partial charge in [0, 0.05) is 45.4 Å². The van der Waals surface area contributed by atoms with Gasteiger partial charge in [-0.1, -0.05) is 12.1 Å². The van der Waals surface area contributed by atoms with Crippen LogP contribution in [0.3, 0.4) is 0 Å². The number of aryl methyl sites for hydroxylation is 1. The van der Waals surface area contributed by atoms with E-state index in [0.29, 0.717) is 29.1 Å². The summed E-state index contributed by atoms with van der Waals surface area (Å²) < 4.78 is 7.74. The summed E-state index contributed by atoms with van der Waals surface area (Å²) in [6.07, 6.45) is 3.12. The molecule has 1 N–H and O–H groups in total. The van der Waals surface area contributed by atoms with Crippen LogP contribution in [0.15, 0.2) is 47.5 Å². The molecule has 0 saturated carbocycles. The summed E-state index contributed by atoms with van der Waals surface area (Å²) in [5.41, 5.74) is 1.38. The van der Waals surface area contributed by atoms with Crippen LogP contribution in [0.4, 0.5) is 0 Å². The van der Waals surface area contributed by atoms with E-state index >= 15 is 0 Å². The monoisotopic (exact) mass is 438 g/mol. The summed E-state index contributed by atoms with van der Waals surface area (Å²) in [6, 6.07) is 7.98. The molecule has 168 valence electrons. The maximum atomic E-state index is 13.1. The molecule has 0 bridgehead atoms. The van der Waals surface area contributed by atoms with Crippen LogP contribution < -0.4 is 10.9 Å². The lowest BCUT2D eigenvalue weighted by atomic mass is 10.1. The zero-order valence-corrected chi connectivity index (χ0v) is 18.7. The zero-order valence-electron chi connectivity index (χ0n) is 18.7. The third-order valence-electron chi connectivity index (χ3n) is 4.72.